The second-order valence-electron chi connectivity index (χ2n) is 4.67. The van der Waals surface area contributed by atoms with Gasteiger partial charge in [-0.15, -0.1) is 0 Å². The van der Waals surface area contributed by atoms with Gasteiger partial charge in [0.15, 0.2) is 0 Å². The van der Waals surface area contributed by atoms with Crippen LogP contribution in [0.2, 0.25) is 0 Å². The average molecular weight is 260 g/mol. The number of aliphatic hydroxyl groups excluding tert-OH is 1. The molecule has 2 N–H and O–H groups in total. The van der Waals surface area contributed by atoms with Crippen molar-refractivity contribution in [3.05, 3.63) is 42.7 Å². The lowest BCUT2D eigenvalue weighted by Gasteiger charge is -2.19. The van der Waals surface area contributed by atoms with Crippen molar-refractivity contribution in [1.29, 1.82) is 0 Å². The van der Waals surface area contributed by atoms with Crippen LogP contribution in [0.25, 0.3) is 0 Å². The molecule has 0 radical (unpaired) electrons. The highest BCUT2D eigenvalue weighted by Crippen LogP contribution is 2.23. The van der Waals surface area contributed by atoms with Crippen molar-refractivity contribution < 1.29 is 5.11 Å². The molecule has 1 unspecified atom stereocenters. The van der Waals surface area contributed by atoms with Gasteiger partial charge in [-0.1, -0.05) is 12.1 Å². The molecule has 1 aromatic heterocycles. The van der Waals surface area contributed by atoms with Crippen LogP contribution in [0.15, 0.2) is 42.7 Å². The number of hydrogen-bond donors (Lipinski definition) is 2. The van der Waals surface area contributed by atoms with Gasteiger partial charge in [0.25, 0.3) is 0 Å². The molecule has 0 aliphatic heterocycles. The van der Waals surface area contributed by atoms with E-state index in [0.717, 1.165) is 11.4 Å². The first-order valence-corrected chi connectivity index (χ1v) is 6.32. The maximum absolute atomic E-state index is 9.97. The van der Waals surface area contributed by atoms with E-state index in [9.17, 15) is 5.11 Å². The highest BCUT2D eigenvalue weighted by Gasteiger charge is 2.08. The molecule has 5 heteroatoms. The number of hydrogen-bond acceptors (Lipinski definition) is 4. The molecule has 0 saturated carbocycles. The van der Waals surface area contributed by atoms with Crippen LogP contribution in [0.4, 0.5) is 11.4 Å². The molecule has 19 heavy (non-hydrogen) atoms. The van der Waals surface area contributed by atoms with Crippen molar-refractivity contribution in [2.24, 2.45) is 0 Å². The Morgan fingerprint density at radius 1 is 1.32 bits per heavy atom. The first-order chi connectivity index (χ1) is 9.16. The summed E-state index contributed by atoms with van der Waals surface area (Å²) in [7, 11) is 4.00. The Bertz CT molecular complexity index is 496. The number of para-hydroxylation sites is 2. The lowest BCUT2D eigenvalue weighted by molar-refractivity contribution is 0.161. The number of benzene rings is 1. The molecular weight excluding hydrogens is 240 g/mol. The molecule has 0 aliphatic carbocycles. The largest absolute Gasteiger partial charge is 0.389 e. The average Bonchev–Trinajstić information content (AvgIpc) is 2.89. The van der Waals surface area contributed by atoms with Crippen molar-refractivity contribution in [3.63, 3.8) is 0 Å². The zero-order chi connectivity index (χ0) is 13.7. The molecule has 2 rings (SSSR count). The third-order valence-electron chi connectivity index (χ3n) is 2.87. The highest BCUT2D eigenvalue weighted by atomic mass is 16.3. The molecule has 1 aromatic carbocycles. The minimum absolute atomic E-state index is 0.477. The Morgan fingerprint density at radius 2 is 2.11 bits per heavy atom. The molecule has 1 atom stereocenters. The van der Waals surface area contributed by atoms with Gasteiger partial charge in [0.2, 0.25) is 0 Å². The third kappa shape index (κ3) is 3.72. The summed E-state index contributed by atoms with van der Waals surface area (Å²) < 4.78 is 1.73. The van der Waals surface area contributed by atoms with E-state index >= 15 is 0 Å². The van der Waals surface area contributed by atoms with E-state index in [1.54, 1.807) is 10.9 Å². The van der Waals surface area contributed by atoms with Crippen LogP contribution >= 0.6 is 0 Å². The van der Waals surface area contributed by atoms with Crippen LogP contribution in [-0.4, -0.2) is 41.6 Å². The Kier molecular flexibility index (Phi) is 4.41. The maximum atomic E-state index is 9.97. The fourth-order valence-electron chi connectivity index (χ4n) is 1.93. The van der Waals surface area contributed by atoms with Gasteiger partial charge >= 0.3 is 0 Å². The SMILES string of the molecule is CN(C)c1ccccc1NCC(O)Cn1cccn1. The summed E-state index contributed by atoms with van der Waals surface area (Å²) in [5.41, 5.74) is 2.13. The number of nitrogens with zero attached hydrogens (tertiary/aromatic N) is 3. The molecule has 2 aromatic rings. The standard InChI is InChI=1S/C14H20N4O/c1-17(2)14-7-4-3-6-13(14)15-10-12(19)11-18-9-5-8-16-18/h3-9,12,15,19H,10-11H2,1-2H3. The Morgan fingerprint density at radius 3 is 2.79 bits per heavy atom. The summed E-state index contributed by atoms with van der Waals surface area (Å²) >= 11 is 0. The van der Waals surface area contributed by atoms with Crippen LogP contribution in [0.1, 0.15) is 0 Å². The van der Waals surface area contributed by atoms with Crippen LogP contribution in [0.5, 0.6) is 0 Å². The molecule has 0 saturated heterocycles. The monoisotopic (exact) mass is 260 g/mol. The first kappa shape index (κ1) is 13.4. The molecule has 0 aliphatic rings. The number of nitrogens with one attached hydrogen (secondary N) is 1. The summed E-state index contributed by atoms with van der Waals surface area (Å²) in [6.07, 6.45) is 3.08. The van der Waals surface area contributed by atoms with E-state index in [-0.39, 0.29) is 0 Å². The quantitative estimate of drug-likeness (QED) is 0.825. The van der Waals surface area contributed by atoms with Crippen molar-refractivity contribution in [1.82, 2.24) is 9.78 Å². The summed E-state index contributed by atoms with van der Waals surface area (Å²) in [4.78, 5) is 2.04. The summed E-state index contributed by atoms with van der Waals surface area (Å²) in [5.74, 6) is 0. The van der Waals surface area contributed by atoms with Gasteiger partial charge in [-0.05, 0) is 18.2 Å². The summed E-state index contributed by atoms with van der Waals surface area (Å²) in [6, 6.07) is 9.88. The van der Waals surface area contributed by atoms with Gasteiger partial charge in [-0.3, -0.25) is 4.68 Å². The molecule has 0 bridgehead atoms. The fraction of sp³-hybridized carbons (Fsp3) is 0.357. The zero-order valence-electron chi connectivity index (χ0n) is 11.3. The van der Waals surface area contributed by atoms with E-state index in [0.29, 0.717) is 13.1 Å². The van der Waals surface area contributed by atoms with E-state index in [2.05, 4.69) is 10.4 Å². The van der Waals surface area contributed by atoms with Crippen LogP contribution < -0.4 is 10.2 Å². The summed E-state index contributed by atoms with van der Waals surface area (Å²) in [5, 5.41) is 17.3. The fourth-order valence-corrected chi connectivity index (χ4v) is 1.93. The molecular formula is C14H20N4O. The van der Waals surface area contributed by atoms with Crippen LogP contribution in [0.3, 0.4) is 0 Å². The lowest BCUT2D eigenvalue weighted by Crippen LogP contribution is -2.25. The zero-order valence-corrected chi connectivity index (χ0v) is 11.3. The molecule has 102 valence electrons. The topological polar surface area (TPSA) is 53.3 Å². The lowest BCUT2D eigenvalue weighted by atomic mass is 10.2. The maximum Gasteiger partial charge on any atom is 0.0907 e. The second kappa shape index (κ2) is 6.24. The smallest absolute Gasteiger partial charge is 0.0907 e. The Balaban J connectivity index is 1.91. The number of aromatic nitrogens is 2. The normalized spacial score (nSPS) is 12.2. The van der Waals surface area contributed by atoms with Crippen LogP contribution in [-0.2, 0) is 6.54 Å². The molecule has 0 spiro atoms. The molecule has 1 heterocycles. The molecule has 0 fully saturated rings. The van der Waals surface area contributed by atoms with Gasteiger partial charge in [0, 0.05) is 33.0 Å². The number of rotatable bonds is 6. The minimum atomic E-state index is -0.477. The third-order valence-corrected chi connectivity index (χ3v) is 2.87. The predicted molar refractivity (Wildman–Crippen MR) is 77.5 cm³/mol. The van der Waals surface area contributed by atoms with Gasteiger partial charge in [-0.2, -0.15) is 5.10 Å². The molecule has 0 amide bonds. The van der Waals surface area contributed by atoms with E-state index in [4.69, 9.17) is 0 Å². The van der Waals surface area contributed by atoms with Crippen molar-refractivity contribution >= 4 is 11.4 Å². The highest BCUT2D eigenvalue weighted by molar-refractivity contribution is 5.69. The van der Waals surface area contributed by atoms with Crippen molar-refractivity contribution in [2.45, 2.75) is 12.6 Å². The van der Waals surface area contributed by atoms with Gasteiger partial charge in [0.05, 0.1) is 24.0 Å². The number of aliphatic hydroxyl groups is 1. The van der Waals surface area contributed by atoms with Gasteiger partial charge in [0.1, 0.15) is 0 Å². The van der Waals surface area contributed by atoms with E-state index in [1.807, 2.05) is 55.5 Å². The number of anilines is 2. The van der Waals surface area contributed by atoms with E-state index in [1.165, 1.54) is 0 Å². The molecule has 5 nitrogen and oxygen atoms in total. The second-order valence-corrected chi connectivity index (χ2v) is 4.67. The van der Waals surface area contributed by atoms with Crippen molar-refractivity contribution in [2.75, 3.05) is 30.9 Å². The Hall–Kier alpha value is -2.01. The van der Waals surface area contributed by atoms with Crippen molar-refractivity contribution in [3.8, 4) is 0 Å². The van der Waals surface area contributed by atoms with E-state index < -0.39 is 6.10 Å². The Labute approximate surface area is 113 Å². The predicted octanol–water partition coefficient (Wildman–Crippen LogP) is 1.42. The summed E-state index contributed by atoms with van der Waals surface area (Å²) in [6.45, 7) is 0.981. The van der Waals surface area contributed by atoms with Crippen LogP contribution in [0, 0.1) is 0 Å². The van der Waals surface area contributed by atoms with Gasteiger partial charge < -0.3 is 15.3 Å². The first-order valence-electron chi connectivity index (χ1n) is 6.32. The minimum Gasteiger partial charge on any atom is -0.389 e. The van der Waals surface area contributed by atoms with Gasteiger partial charge in [-0.25, -0.2) is 0 Å².